The summed E-state index contributed by atoms with van der Waals surface area (Å²) in [5.74, 6) is 0. The Balaban J connectivity index is 2.10. The highest BCUT2D eigenvalue weighted by Gasteiger charge is 2.47. The van der Waals surface area contributed by atoms with Gasteiger partial charge in [0.1, 0.15) is 0 Å². The fourth-order valence-corrected chi connectivity index (χ4v) is 3.53. The van der Waals surface area contributed by atoms with E-state index in [9.17, 15) is 0 Å². The van der Waals surface area contributed by atoms with Gasteiger partial charge in [0.25, 0.3) is 0 Å². The quantitative estimate of drug-likeness (QED) is 0.706. The SMILES string of the molecule is CC(C)(C)CC1CCC2(COC2)CN1C(C)(C)C. The highest BCUT2D eigenvalue weighted by molar-refractivity contribution is 4.99. The van der Waals surface area contributed by atoms with E-state index in [0.29, 0.717) is 10.8 Å². The van der Waals surface area contributed by atoms with Crippen LogP contribution in [0.3, 0.4) is 0 Å². The van der Waals surface area contributed by atoms with Gasteiger partial charge in [0.2, 0.25) is 0 Å². The van der Waals surface area contributed by atoms with Crippen LogP contribution in [-0.2, 0) is 4.74 Å². The van der Waals surface area contributed by atoms with Gasteiger partial charge in [-0.1, -0.05) is 20.8 Å². The third-order valence-electron chi connectivity index (χ3n) is 4.48. The van der Waals surface area contributed by atoms with Crippen molar-refractivity contribution in [3.8, 4) is 0 Å². The topological polar surface area (TPSA) is 12.5 Å². The first-order valence-corrected chi connectivity index (χ1v) is 7.46. The molecule has 0 bridgehead atoms. The van der Waals surface area contributed by atoms with Crippen LogP contribution in [0.5, 0.6) is 0 Å². The molecular formula is C16H31NO. The van der Waals surface area contributed by atoms with Crippen molar-refractivity contribution < 1.29 is 4.74 Å². The molecule has 2 rings (SSSR count). The maximum atomic E-state index is 5.49. The van der Waals surface area contributed by atoms with Crippen LogP contribution in [0.1, 0.15) is 60.8 Å². The third-order valence-corrected chi connectivity index (χ3v) is 4.48. The van der Waals surface area contributed by atoms with Crippen LogP contribution in [0.4, 0.5) is 0 Å². The van der Waals surface area contributed by atoms with Crippen molar-refractivity contribution in [2.75, 3.05) is 19.8 Å². The molecule has 18 heavy (non-hydrogen) atoms. The standard InChI is InChI=1S/C16H31NO/c1-14(2,3)9-13-7-8-16(11-18-12-16)10-17(13)15(4,5)6/h13H,7-12H2,1-6H3. The normalized spacial score (nSPS) is 29.3. The summed E-state index contributed by atoms with van der Waals surface area (Å²) >= 11 is 0. The Hall–Kier alpha value is -0.0800. The van der Waals surface area contributed by atoms with Crippen molar-refractivity contribution in [2.45, 2.75) is 72.4 Å². The maximum Gasteiger partial charge on any atom is 0.0557 e. The van der Waals surface area contributed by atoms with Gasteiger partial charge in [-0.25, -0.2) is 0 Å². The molecular weight excluding hydrogens is 222 g/mol. The average Bonchev–Trinajstić information content (AvgIpc) is 2.11. The van der Waals surface area contributed by atoms with Crippen LogP contribution in [0, 0.1) is 10.8 Å². The van der Waals surface area contributed by atoms with E-state index in [2.05, 4.69) is 46.4 Å². The minimum absolute atomic E-state index is 0.277. The van der Waals surface area contributed by atoms with Crippen molar-refractivity contribution in [3.05, 3.63) is 0 Å². The van der Waals surface area contributed by atoms with E-state index in [-0.39, 0.29) is 5.54 Å². The van der Waals surface area contributed by atoms with Crippen molar-refractivity contribution in [2.24, 2.45) is 10.8 Å². The molecule has 0 radical (unpaired) electrons. The molecule has 106 valence electrons. The number of piperidine rings is 1. The molecule has 0 saturated carbocycles. The van der Waals surface area contributed by atoms with E-state index in [0.717, 1.165) is 19.3 Å². The van der Waals surface area contributed by atoms with Crippen molar-refractivity contribution in [3.63, 3.8) is 0 Å². The highest BCUT2D eigenvalue weighted by Crippen LogP contribution is 2.43. The Bertz CT molecular complexity index is 293. The molecule has 2 nitrogen and oxygen atoms in total. The lowest BCUT2D eigenvalue weighted by molar-refractivity contribution is -0.168. The van der Waals surface area contributed by atoms with Gasteiger partial charge in [0.15, 0.2) is 0 Å². The predicted molar refractivity (Wildman–Crippen MR) is 76.8 cm³/mol. The van der Waals surface area contributed by atoms with E-state index in [4.69, 9.17) is 4.74 Å². The van der Waals surface area contributed by atoms with E-state index >= 15 is 0 Å². The Kier molecular flexibility index (Phi) is 3.57. The summed E-state index contributed by atoms with van der Waals surface area (Å²) in [6, 6.07) is 0.747. The van der Waals surface area contributed by atoms with Gasteiger partial charge >= 0.3 is 0 Å². The van der Waals surface area contributed by atoms with E-state index < -0.39 is 0 Å². The van der Waals surface area contributed by atoms with Gasteiger partial charge in [-0.2, -0.15) is 0 Å². The minimum Gasteiger partial charge on any atom is -0.380 e. The number of hydrogen-bond donors (Lipinski definition) is 0. The largest absolute Gasteiger partial charge is 0.380 e. The molecule has 0 N–H and O–H groups in total. The van der Waals surface area contributed by atoms with Crippen LogP contribution in [-0.4, -0.2) is 36.2 Å². The van der Waals surface area contributed by atoms with Gasteiger partial charge in [-0.15, -0.1) is 0 Å². The summed E-state index contributed by atoms with van der Waals surface area (Å²) < 4.78 is 5.49. The Morgan fingerprint density at radius 1 is 1.11 bits per heavy atom. The monoisotopic (exact) mass is 253 g/mol. The lowest BCUT2D eigenvalue weighted by atomic mass is 9.72. The zero-order chi connectivity index (χ0) is 13.6. The summed E-state index contributed by atoms with van der Waals surface area (Å²) in [7, 11) is 0. The lowest BCUT2D eigenvalue weighted by Gasteiger charge is -2.56. The third kappa shape index (κ3) is 3.08. The minimum atomic E-state index is 0.277. The van der Waals surface area contributed by atoms with Crippen molar-refractivity contribution >= 4 is 0 Å². The molecule has 0 aliphatic carbocycles. The van der Waals surface area contributed by atoms with Crippen LogP contribution in [0.25, 0.3) is 0 Å². The lowest BCUT2D eigenvalue weighted by Crippen LogP contribution is -2.62. The molecule has 1 atom stereocenters. The van der Waals surface area contributed by atoms with Gasteiger partial charge in [0.05, 0.1) is 13.2 Å². The molecule has 0 aromatic rings. The molecule has 2 saturated heterocycles. The molecule has 0 aromatic heterocycles. The van der Waals surface area contributed by atoms with E-state index in [1.54, 1.807) is 0 Å². The molecule has 2 fully saturated rings. The molecule has 1 spiro atoms. The smallest absolute Gasteiger partial charge is 0.0557 e. The number of ether oxygens (including phenoxy) is 1. The van der Waals surface area contributed by atoms with Crippen LogP contribution >= 0.6 is 0 Å². The molecule has 1 unspecified atom stereocenters. The van der Waals surface area contributed by atoms with Crippen LogP contribution in [0.2, 0.25) is 0 Å². The van der Waals surface area contributed by atoms with E-state index in [1.807, 2.05) is 0 Å². The van der Waals surface area contributed by atoms with Crippen LogP contribution in [0.15, 0.2) is 0 Å². The van der Waals surface area contributed by atoms with Crippen molar-refractivity contribution in [1.82, 2.24) is 4.90 Å². The fraction of sp³-hybridized carbons (Fsp3) is 1.00. The van der Waals surface area contributed by atoms with E-state index in [1.165, 1.54) is 25.8 Å². The Morgan fingerprint density at radius 3 is 2.11 bits per heavy atom. The van der Waals surface area contributed by atoms with Gasteiger partial charge in [-0.3, -0.25) is 4.90 Å². The zero-order valence-electron chi connectivity index (χ0n) is 13.2. The molecule has 2 aliphatic heterocycles. The first-order chi connectivity index (χ1) is 8.11. The molecule has 2 heteroatoms. The summed E-state index contributed by atoms with van der Waals surface area (Å²) in [4.78, 5) is 2.75. The first kappa shape index (κ1) is 14.3. The average molecular weight is 253 g/mol. The van der Waals surface area contributed by atoms with Crippen molar-refractivity contribution in [1.29, 1.82) is 0 Å². The number of nitrogens with zero attached hydrogens (tertiary/aromatic N) is 1. The Morgan fingerprint density at radius 2 is 1.72 bits per heavy atom. The van der Waals surface area contributed by atoms with Gasteiger partial charge in [0, 0.05) is 23.5 Å². The first-order valence-electron chi connectivity index (χ1n) is 7.46. The second kappa shape index (κ2) is 4.49. The molecule has 2 aliphatic rings. The number of rotatable bonds is 1. The zero-order valence-corrected chi connectivity index (χ0v) is 13.2. The highest BCUT2D eigenvalue weighted by atomic mass is 16.5. The second-order valence-corrected chi connectivity index (χ2v) is 8.75. The summed E-state index contributed by atoms with van der Waals surface area (Å²) in [5.41, 5.74) is 1.19. The predicted octanol–water partition coefficient (Wildman–Crippen LogP) is 3.70. The number of likely N-dealkylation sites (tertiary alicyclic amines) is 1. The van der Waals surface area contributed by atoms with Gasteiger partial charge in [-0.05, 0) is 45.4 Å². The summed E-state index contributed by atoms with van der Waals surface area (Å²) in [5, 5.41) is 0. The molecule has 0 amide bonds. The van der Waals surface area contributed by atoms with Crippen LogP contribution < -0.4 is 0 Å². The second-order valence-electron chi connectivity index (χ2n) is 8.75. The summed E-state index contributed by atoms with van der Waals surface area (Å²) in [6.45, 7) is 17.4. The molecule has 0 aromatic carbocycles. The van der Waals surface area contributed by atoms with Gasteiger partial charge < -0.3 is 4.74 Å². The fourth-order valence-electron chi connectivity index (χ4n) is 3.53. The maximum absolute atomic E-state index is 5.49. The summed E-state index contributed by atoms with van der Waals surface area (Å²) in [6.07, 6.45) is 4.01. The Labute approximate surface area is 113 Å². The number of hydrogen-bond acceptors (Lipinski definition) is 2. The molecule has 2 heterocycles.